The van der Waals surface area contributed by atoms with Crippen LogP contribution in [0.1, 0.15) is 44.2 Å². The van der Waals surface area contributed by atoms with Gasteiger partial charge in [0, 0.05) is 17.7 Å². The third-order valence-electron chi connectivity index (χ3n) is 4.81. The number of nitrogens with zero attached hydrogens (tertiary/aromatic N) is 1. The highest BCUT2D eigenvalue weighted by molar-refractivity contribution is 7.88. The zero-order valence-corrected chi connectivity index (χ0v) is 18.2. The molecule has 0 atom stereocenters. The van der Waals surface area contributed by atoms with Crippen molar-refractivity contribution in [3.63, 3.8) is 0 Å². The van der Waals surface area contributed by atoms with Gasteiger partial charge in [-0.3, -0.25) is 9.59 Å². The molecule has 1 amide bonds. The number of hydrogen-bond donors (Lipinski definition) is 2. The van der Waals surface area contributed by atoms with Crippen LogP contribution in [0.5, 0.6) is 11.5 Å². The highest BCUT2D eigenvalue weighted by atomic mass is 32.2. The van der Waals surface area contributed by atoms with Crippen LogP contribution in [0.15, 0.2) is 24.3 Å². The highest BCUT2D eigenvalue weighted by Gasteiger charge is 2.49. The number of carboxylic acids is 1. The molecule has 0 unspecified atom stereocenters. The summed E-state index contributed by atoms with van der Waals surface area (Å²) in [4.78, 5) is 39.6. The number of carboxylic acid groups (broad SMARTS) is 1. The second kappa shape index (κ2) is 9.29. The first-order valence-electron chi connectivity index (χ1n) is 9.58. The molecule has 2 N–H and O–H groups in total. The quantitative estimate of drug-likeness (QED) is 0.300. The van der Waals surface area contributed by atoms with Crippen LogP contribution in [0.25, 0.3) is 11.1 Å². The largest absolute Gasteiger partial charge is 0.534 e. The summed E-state index contributed by atoms with van der Waals surface area (Å²) < 4.78 is 69.8. The zero-order valence-electron chi connectivity index (χ0n) is 17.4. The molecule has 1 saturated carbocycles. The molecule has 1 aromatic carbocycles. The van der Waals surface area contributed by atoms with Gasteiger partial charge in [-0.1, -0.05) is 0 Å². The van der Waals surface area contributed by atoms with Crippen molar-refractivity contribution in [2.45, 2.75) is 18.3 Å². The van der Waals surface area contributed by atoms with Gasteiger partial charge >= 0.3 is 21.6 Å². The van der Waals surface area contributed by atoms with Crippen LogP contribution in [-0.4, -0.2) is 55.8 Å². The normalized spacial score (nSPS) is 13.8. The van der Waals surface area contributed by atoms with Gasteiger partial charge in [-0.05, 0) is 48.6 Å². The van der Waals surface area contributed by atoms with E-state index in [-0.39, 0.29) is 23.1 Å². The molecule has 1 aliphatic carbocycles. The van der Waals surface area contributed by atoms with Gasteiger partial charge in [-0.2, -0.15) is 21.6 Å². The molecule has 0 saturated heterocycles. The van der Waals surface area contributed by atoms with Crippen molar-refractivity contribution in [1.29, 1.82) is 0 Å². The number of halogens is 3. The first kappa shape index (κ1) is 25.0. The van der Waals surface area contributed by atoms with E-state index in [1.807, 2.05) is 0 Å². The summed E-state index contributed by atoms with van der Waals surface area (Å²) in [6, 6.07) is 3.99. The van der Waals surface area contributed by atoms with Gasteiger partial charge in [-0.25, -0.2) is 9.78 Å². The van der Waals surface area contributed by atoms with E-state index in [2.05, 4.69) is 14.5 Å². The molecular formula is C20H17F3N2O8S. The van der Waals surface area contributed by atoms with Crippen LogP contribution in [0.4, 0.5) is 13.2 Å². The van der Waals surface area contributed by atoms with Gasteiger partial charge in [0.25, 0.3) is 5.91 Å². The van der Waals surface area contributed by atoms with Gasteiger partial charge in [0.05, 0.1) is 7.11 Å². The number of methoxy groups -OCH3 is 1. The molecule has 1 heterocycles. The number of pyridine rings is 1. The predicted molar refractivity (Wildman–Crippen MR) is 109 cm³/mol. The van der Waals surface area contributed by atoms with Gasteiger partial charge < -0.3 is 19.3 Å². The Labute approximate surface area is 190 Å². The molecule has 0 bridgehead atoms. The summed E-state index contributed by atoms with van der Waals surface area (Å²) in [6.45, 7) is 0.416. The van der Waals surface area contributed by atoms with Crippen LogP contribution < -0.4 is 14.2 Å². The summed E-state index contributed by atoms with van der Waals surface area (Å²) >= 11 is 0. The minimum atomic E-state index is -6.08. The number of carbonyl (C=O) groups is 3. The van der Waals surface area contributed by atoms with E-state index in [1.54, 1.807) is 0 Å². The van der Waals surface area contributed by atoms with Gasteiger partial charge in [0.1, 0.15) is 5.69 Å². The molecule has 0 spiro atoms. The zero-order chi connectivity index (χ0) is 25.3. The average Bonchev–Trinajstić information content (AvgIpc) is 3.60. The van der Waals surface area contributed by atoms with Crippen LogP contribution in [0.2, 0.25) is 0 Å². The second-order valence-electron chi connectivity index (χ2n) is 7.24. The Bertz CT molecular complexity index is 1260. The van der Waals surface area contributed by atoms with Crippen molar-refractivity contribution in [1.82, 2.24) is 10.3 Å². The molecule has 3 rings (SSSR count). The number of aromatic nitrogens is 1. The lowest BCUT2D eigenvalue weighted by molar-refractivity contribution is -0.0500. The number of rotatable bonds is 9. The van der Waals surface area contributed by atoms with Gasteiger partial charge in [-0.15, -0.1) is 0 Å². The number of aromatic carboxylic acids is 1. The molecule has 10 nitrogen and oxygen atoms in total. The third-order valence-corrected chi connectivity index (χ3v) is 5.78. The monoisotopic (exact) mass is 502 g/mol. The van der Waals surface area contributed by atoms with Crippen LogP contribution in [0.3, 0.4) is 0 Å². The Balaban J connectivity index is 2.06. The molecule has 0 aliphatic heterocycles. The van der Waals surface area contributed by atoms with Crippen molar-refractivity contribution in [2.24, 2.45) is 5.92 Å². The van der Waals surface area contributed by atoms with E-state index in [9.17, 15) is 41.1 Å². The number of carbonyl (C=O) groups excluding carboxylic acids is 2. The minimum absolute atomic E-state index is 0.154. The molecule has 1 aromatic heterocycles. The summed E-state index contributed by atoms with van der Waals surface area (Å²) in [5.74, 6) is -3.26. The maximum Gasteiger partial charge on any atom is 0.534 e. The lowest BCUT2D eigenvalue weighted by atomic mass is 9.97. The molecule has 1 fully saturated rings. The summed E-state index contributed by atoms with van der Waals surface area (Å²) in [5.41, 5.74) is -7.30. The molecule has 182 valence electrons. The Morgan fingerprint density at radius 3 is 2.41 bits per heavy atom. The van der Waals surface area contributed by atoms with Crippen molar-refractivity contribution in [3.8, 4) is 22.6 Å². The van der Waals surface area contributed by atoms with E-state index in [0.29, 0.717) is 18.5 Å². The fourth-order valence-electron chi connectivity index (χ4n) is 2.91. The fourth-order valence-corrected chi connectivity index (χ4v) is 3.37. The number of amides is 1. The smallest absolute Gasteiger partial charge is 0.493 e. The first-order chi connectivity index (χ1) is 15.9. The van der Waals surface area contributed by atoms with Crippen molar-refractivity contribution >= 4 is 28.3 Å². The van der Waals surface area contributed by atoms with E-state index < -0.39 is 50.3 Å². The lowest BCUT2D eigenvalue weighted by Crippen LogP contribution is -2.28. The number of ether oxygens (including phenoxy) is 1. The Kier molecular flexibility index (Phi) is 6.82. The van der Waals surface area contributed by atoms with Gasteiger partial charge in [0.2, 0.25) is 0 Å². The van der Waals surface area contributed by atoms with Crippen LogP contribution >= 0.6 is 0 Å². The van der Waals surface area contributed by atoms with Crippen molar-refractivity contribution < 1.29 is 50.0 Å². The Morgan fingerprint density at radius 2 is 1.88 bits per heavy atom. The molecule has 2 aromatic rings. The van der Waals surface area contributed by atoms with Gasteiger partial charge in [0.15, 0.2) is 23.5 Å². The summed E-state index contributed by atoms with van der Waals surface area (Å²) in [5, 5.41) is 12.2. The van der Waals surface area contributed by atoms with E-state index in [4.69, 9.17) is 4.74 Å². The molecular weight excluding hydrogens is 485 g/mol. The van der Waals surface area contributed by atoms with Crippen LogP contribution in [-0.2, 0) is 10.1 Å². The molecule has 34 heavy (non-hydrogen) atoms. The first-order valence-corrected chi connectivity index (χ1v) is 11.0. The average molecular weight is 502 g/mol. The predicted octanol–water partition coefficient (Wildman–Crippen LogP) is 2.64. The van der Waals surface area contributed by atoms with Crippen molar-refractivity contribution in [2.75, 3.05) is 13.7 Å². The topological polar surface area (TPSA) is 149 Å². The number of aldehydes is 1. The van der Waals surface area contributed by atoms with Crippen LogP contribution in [0, 0.1) is 5.92 Å². The van der Waals surface area contributed by atoms with E-state index in [1.165, 1.54) is 12.1 Å². The molecule has 14 heteroatoms. The second-order valence-corrected chi connectivity index (χ2v) is 8.78. The third kappa shape index (κ3) is 5.27. The minimum Gasteiger partial charge on any atom is -0.493 e. The maximum atomic E-state index is 12.7. The van der Waals surface area contributed by atoms with Crippen molar-refractivity contribution in [3.05, 3.63) is 41.2 Å². The molecule has 1 aliphatic rings. The number of alkyl halides is 3. The number of hydrogen-bond acceptors (Lipinski definition) is 8. The number of nitrogens with one attached hydrogen (secondary N) is 1. The van der Waals surface area contributed by atoms with E-state index in [0.717, 1.165) is 26.0 Å². The SMILES string of the molecule is COc1cc(-c2ccc(C(=O)NCC3CC3)nc2C(=O)O)c(C=O)cc1OS(=O)(=O)C(F)(F)F. The standard InChI is InChI=1S/C20H17F3N2O8S/c1-32-15-7-13(11(9-26)6-16(15)33-34(30,31)20(21,22)23)12-4-5-14(25-17(12)19(28)29)18(27)24-8-10-2-3-10/h4-7,9-10H,2-3,8H2,1H3,(H,24,27)(H,28,29). The maximum absolute atomic E-state index is 12.7. The lowest BCUT2D eigenvalue weighted by Gasteiger charge is -2.16. The summed E-state index contributed by atoms with van der Waals surface area (Å²) in [7, 11) is -5.08. The summed E-state index contributed by atoms with van der Waals surface area (Å²) in [6.07, 6.45) is 2.12. The molecule has 0 radical (unpaired) electrons. The number of benzene rings is 1. The van der Waals surface area contributed by atoms with E-state index >= 15 is 0 Å². The fraction of sp³-hybridized carbons (Fsp3) is 0.300. The Hall–Kier alpha value is -3.68. The highest BCUT2D eigenvalue weighted by Crippen LogP contribution is 2.39. The Morgan fingerprint density at radius 1 is 1.21 bits per heavy atom.